The van der Waals surface area contributed by atoms with E-state index in [-0.39, 0.29) is 6.61 Å². The molecule has 0 saturated heterocycles. The Bertz CT molecular complexity index is 2110. The molecule has 0 radical (unpaired) electrons. The molecule has 1 aliphatic heterocycles. The third-order valence-electron chi connectivity index (χ3n) is 9.88. The summed E-state index contributed by atoms with van der Waals surface area (Å²) in [4.78, 5) is 5.54. The number of aromatic nitrogens is 1. The minimum Gasteiger partial charge on any atom is -0.392 e. The maximum atomic E-state index is 10.1. The zero-order valence-electron chi connectivity index (χ0n) is 28.9. The number of aliphatic hydroxyl groups is 1. The molecule has 0 amide bonds. The van der Waals surface area contributed by atoms with Gasteiger partial charge in [0.25, 0.3) is 0 Å². The first-order chi connectivity index (χ1) is 26.2. The number of anilines is 3. The molecule has 6 nitrogen and oxygen atoms in total. The molecule has 0 saturated carbocycles. The Morgan fingerprint density at radius 1 is 0.604 bits per heavy atom. The Kier molecular flexibility index (Phi) is 9.78. The second kappa shape index (κ2) is 15.1. The van der Waals surface area contributed by atoms with Gasteiger partial charge in [-0.2, -0.15) is 0 Å². The molecule has 6 aromatic carbocycles. The molecule has 53 heavy (non-hydrogen) atoms. The number of fused-ring (bicyclic) bond motifs is 1. The molecule has 0 spiro atoms. The van der Waals surface area contributed by atoms with Gasteiger partial charge in [0.05, 0.1) is 6.61 Å². The van der Waals surface area contributed by atoms with Crippen LogP contribution in [0.3, 0.4) is 0 Å². The van der Waals surface area contributed by atoms with E-state index in [9.17, 15) is 5.11 Å². The van der Waals surface area contributed by atoms with E-state index in [0.29, 0.717) is 11.6 Å². The molecule has 4 N–H and O–H groups in total. The summed E-state index contributed by atoms with van der Waals surface area (Å²) in [6.07, 6.45) is 1.82. The number of hydrazine groups is 2. The van der Waals surface area contributed by atoms with Crippen molar-refractivity contribution < 1.29 is 5.11 Å². The number of rotatable bonds is 11. The average molecular weight is 804 g/mol. The van der Waals surface area contributed by atoms with E-state index in [1.165, 1.54) is 0 Å². The number of nitrogens with one attached hydrogen (secondary N) is 3. The quantitative estimate of drug-likeness (QED) is 0.0772. The molecule has 8 rings (SSSR count). The highest BCUT2D eigenvalue weighted by Crippen LogP contribution is 2.50. The maximum Gasteiger partial charge on any atom is 0.173 e. The number of nitrogens with zero attached hydrogens (tertiary/aromatic N) is 2. The molecule has 2 heterocycles. The number of halogens is 1. The SMILES string of the molecule is OC/C=C(\I)c1cc(NC(c2ccccc2)(c2ccccc2)c2ccccc2)nc2c1NNN2C(c1ccccc1)(c1ccccc1)c1ccccc1. The molecular weight excluding hydrogens is 765 g/mol. The maximum absolute atomic E-state index is 10.1. The van der Waals surface area contributed by atoms with Crippen molar-refractivity contribution in [1.29, 1.82) is 0 Å². The second-order valence-corrected chi connectivity index (χ2v) is 14.0. The van der Waals surface area contributed by atoms with Gasteiger partial charge in [-0.05, 0) is 68.1 Å². The van der Waals surface area contributed by atoms with Crippen LogP contribution in [-0.2, 0) is 11.1 Å². The van der Waals surface area contributed by atoms with Crippen molar-refractivity contribution in [2.24, 2.45) is 0 Å². The van der Waals surface area contributed by atoms with Crippen LogP contribution >= 0.6 is 22.6 Å². The average Bonchev–Trinajstić information content (AvgIpc) is 3.66. The molecular formula is C46H38IN5O. The second-order valence-electron chi connectivity index (χ2n) is 12.8. The fourth-order valence-electron chi connectivity index (χ4n) is 7.57. The van der Waals surface area contributed by atoms with E-state index in [1.807, 2.05) is 42.5 Å². The minimum absolute atomic E-state index is 0.0980. The molecule has 0 aliphatic carbocycles. The third kappa shape index (κ3) is 6.16. The van der Waals surface area contributed by atoms with Gasteiger partial charge in [-0.15, -0.1) is 5.53 Å². The Morgan fingerprint density at radius 2 is 0.981 bits per heavy atom. The van der Waals surface area contributed by atoms with Gasteiger partial charge in [0.15, 0.2) is 5.82 Å². The first-order valence-electron chi connectivity index (χ1n) is 17.6. The van der Waals surface area contributed by atoms with Crippen LogP contribution in [0.1, 0.15) is 38.9 Å². The van der Waals surface area contributed by atoms with Crippen LogP contribution < -0.4 is 21.3 Å². The first kappa shape index (κ1) is 34.4. The summed E-state index contributed by atoms with van der Waals surface area (Å²) in [7, 11) is 0. The Balaban J connectivity index is 1.42. The van der Waals surface area contributed by atoms with Crippen LogP contribution in [0.4, 0.5) is 17.3 Å². The van der Waals surface area contributed by atoms with Gasteiger partial charge in [0.2, 0.25) is 0 Å². The van der Waals surface area contributed by atoms with Gasteiger partial charge >= 0.3 is 0 Å². The van der Waals surface area contributed by atoms with E-state index in [0.717, 1.165) is 48.2 Å². The van der Waals surface area contributed by atoms with E-state index >= 15 is 0 Å². The smallest absolute Gasteiger partial charge is 0.173 e. The van der Waals surface area contributed by atoms with Gasteiger partial charge < -0.3 is 10.4 Å². The lowest BCUT2D eigenvalue weighted by atomic mass is 9.76. The van der Waals surface area contributed by atoms with Crippen LogP contribution in [0, 0.1) is 0 Å². The fourth-order valence-corrected chi connectivity index (χ4v) is 8.19. The summed E-state index contributed by atoms with van der Waals surface area (Å²) in [5, 5.41) is 16.3. The zero-order valence-corrected chi connectivity index (χ0v) is 31.1. The molecule has 0 unspecified atom stereocenters. The number of hydrogen-bond donors (Lipinski definition) is 4. The van der Waals surface area contributed by atoms with Crippen LogP contribution in [0.5, 0.6) is 0 Å². The first-order valence-corrected chi connectivity index (χ1v) is 18.7. The lowest BCUT2D eigenvalue weighted by molar-refractivity contribution is 0.343. The van der Waals surface area contributed by atoms with E-state index < -0.39 is 11.1 Å². The van der Waals surface area contributed by atoms with Crippen LogP contribution in [0.2, 0.25) is 0 Å². The Morgan fingerprint density at radius 3 is 1.36 bits per heavy atom. The van der Waals surface area contributed by atoms with E-state index in [2.05, 4.69) is 196 Å². The van der Waals surface area contributed by atoms with Gasteiger partial charge in [0.1, 0.15) is 22.6 Å². The van der Waals surface area contributed by atoms with Crippen molar-refractivity contribution in [3.05, 3.63) is 233 Å². The molecule has 0 atom stereocenters. The van der Waals surface area contributed by atoms with Crippen LogP contribution in [-0.4, -0.2) is 16.7 Å². The largest absolute Gasteiger partial charge is 0.392 e. The fraction of sp³-hybridized carbons (Fsp3) is 0.0652. The number of hydrogen-bond acceptors (Lipinski definition) is 6. The van der Waals surface area contributed by atoms with Crippen molar-refractivity contribution in [2.45, 2.75) is 11.1 Å². The lowest BCUT2D eigenvalue weighted by Crippen LogP contribution is -2.54. The van der Waals surface area contributed by atoms with Crippen molar-refractivity contribution in [3.8, 4) is 0 Å². The standard InChI is InChI=1S/C46H38IN5O/c47-41(31-32-53)40-33-42(49-45(34-19-7-1-8-20-34,35-21-9-2-10-22-35)36-23-11-3-12-24-36)48-44-43(40)50-51-52(44)46(37-25-13-4-14-26-37,38-27-15-5-16-28-38)39-29-17-6-18-30-39/h1-31,33,50-51,53H,32H2,(H,48,49)/b41-31-. The highest BCUT2D eigenvalue weighted by atomic mass is 127. The summed E-state index contributed by atoms with van der Waals surface area (Å²) in [6, 6.07) is 65.3. The van der Waals surface area contributed by atoms with Gasteiger partial charge in [-0.3, -0.25) is 10.4 Å². The Labute approximate surface area is 324 Å². The molecule has 0 fully saturated rings. The molecule has 1 aromatic heterocycles. The van der Waals surface area contributed by atoms with Crippen molar-refractivity contribution in [1.82, 2.24) is 10.5 Å². The Hall–Kier alpha value is -5.74. The topological polar surface area (TPSA) is 72.4 Å². The van der Waals surface area contributed by atoms with Crippen molar-refractivity contribution in [2.75, 3.05) is 22.4 Å². The summed E-state index contributed by atoms with van der Waals surface area (Å²) >= 11 is 2.31. The predicted molar refractivity (Wildman–Crippen MR) is 225 cm³/mol. The molecule has 7 heteroatoms. The van der Waals surface area contributed by atoms with Gasteiger partial charge in [0, 0.05) is 9.14 Å². The summed E-state index contributed by atoms with van der Waals surface area (Å²) in [5.74, 6) is 1.36. The highest BCUT2D eigenvalue weighted by molar-refractivity contribution is 14.1. The summed E-state index contributed by atoms with van der Waals surface area (Å²) < 4.78 is 0.886. The minimum atomic E-state index is -0.855. The van der Waals surface area contributed by atoms with E-state index in [4.69, 9.17) is 4.98 Å². The molecule has 260 valence electrons. The zero-order chi connectivity index (χ0) is 36.1. The summed E-state index contributed by atoms with van der Waals surface area (Å²) in [5.41, 5.74) is 13.5. The normalized spacial score (nSPS) is 12.9. The number of pyridine rings is 1. The molecule has 0 bridgehead atoms. The van der Waals surface area contributed by atoms with E-state index in [1.54, 1.807) is 0 Å². The number of benzene rings is 6. The van der Waals surface area contributed by atoms with Gasteiger partial charge in [-0.1, -0.05) is 182 Å². The van der Waals surface area contributed by atoms with Gasteiger partial charge in [-0.25, -0.2) is 4.98 Å². The molecule has 1 aliphatic rings. The molecule has 7 aromatic rings. The van der Waals surface area contributed by atoms with Crippen molar-refractivity contribution >= 4 is 43.5 Å². The monoisotopic (exact) mass is 803 g/mol. The third-order valence-corrected chi connectivity index (χ3v) is 10.9. The van der Waals surface area contributed by atoms with Crippen LogP contribution in [0.15, 0.2) is 194 Å². The van der Waals surface area contributed by atoms with Crippen molar-refractivity contribution in [3.63, 3.8) is 0 Å². The highest BCUT2D eigenvalue weighted by Gasteiger charge is 2.47. The summed E-state index contributed by atoms with van der Waals surface area (Å²) in [6.45, 7) is -0.0980. The predicted octanol–water partition coefficient (Wildman–Crippen LogP) is 9.90. The lowest BCUT2D eigenvalue weighted by Gasteiger charge is -2.43. The van der Waals surface area contributed by atoms with Crippen LogP contribution in [0.25, 0.3) is 3.58 Å². The number of aliphatic hydroxyl groups excluding tert-OH is 1.